The van der Waals surface area contributed by atoms with Crippen LogP contribution in [0.15, 0.2) is 35.2 Å². The number of hydrogen-bond acceptors (Lipinski definition) is 4. The van der Waals surface area contributed by atoms with Crippen LogP contribution in [0.5, 0.6) is 0 Å². The van der Waals surface area contributed by atoms with Crippen molar-refractivity contribution in [2.45, 2.75) is 11.3 Å². The zero-order chi connectivity index (χ0) is 13.7. The fourth-order valence-corrected chi connectivity index (χ4v) is 4.54. The predicted molar refractivity (Wildman–Crippen MR) is 76.9 cm³/mol. The van der Waals surface area contributed by atoms with E-state index in [0.29, 0.717) is 13.0 Å². The zero-order valence-electron chi connectivity index (χ0n) is 10.5. The van der Waals surface area contributed by atoms with Gasteiger partial charge in [-0.1, -0.05) is 18.2 Å². The van der Waals surface area contributed by atoms with Gasteiger partial charge >= 0.3 is 0 Å². The fourth-order valence-electron chi connectivity index (χ4n) is 2.01. The Morgan fingerprint density at radius 2 is 2.05 bits per heavy atom. The number of amides is 1. The minimum atomic E-state index is -2.98. The highest BCUT2D eigenvalue weighted by Crippen LogP contribution is 2.19. The summed E-state index contributed by atoms with van der Waals surface area (Å²) in [5.41, 5.74) is 0. The first-order valence-corrected chi connectivity index (χ1v) is 9.03. The third kappa shape index (κ3) is 4.54. The average molecular weight is 299 g/mol. The lowest BCUT2D eigenvalue weighted by Crippen LogP contribution is -2.32. The van der Waals surface area contributed by atoms with E-state index in [-0.39, 0.29) is 23.3 Å². The molecule has 1 fully saturated rings. The molecule has 104 valence electrons. The summed E-state index contributed by atoms with van der Waals surface area (Å²) in [5.74, 6) is 0.450. The number of nitrogens with one attached hydrogen (secondary N) is 1. The summed E-state index contributed by atoms with van der Waals surface area (Å²) in [6.07, 6.45) is 0.458. The number of carbonyl (C=O) groups excluding carboxylic acids is 1. The first-order chi connectivity index (χ1) is 9.07. The third-order valence-corrected chi connectivity index (χ3v) is 5.80. The summed E-state index contributed by atoms with van der Waals surface area (Å²) in [7, 11) is -2.98. The topological polar surface area (TPSA) is 63.2 Å². The molecule has 1 N–H and O–H groups in total. The van der Waals surface area contributed by atoms with Crippen LogP contribution in [-0.4, -0.2) is 38.1 Å². The van der Waals surface area contributed by atoms with Crippen molar-refractivity contribution in [3.05, 3.63) is 30.3 Å². The van der Waals surface area contributed by atoms with E-state index in [1.165, 1.54) is 4.90 Å². The fraction of sp³-hybridized carbons (Fsp3) is 0.462. The molecule has 2 rings (SSSR count). The molecule has 1 aromatic carbocycles. The van der Waals surface area contributed by atoms with E-state index in [1.807, 2.05) is 30.3 Å². The Hall–Kier alpha value is -1.01. The Morgan fingerprint density at radius 3 is 2.68 bits per heavy atom. The molecule has 1 heterocycles. The number of hydrogen-bond donors (Lipinski definition) is 1. The van der Waals surface area contributed by atoms with Crippen molar-refractivity contribution in [3.8, 4) is 0 Å². The second-order valence-electron chi connectivity index (χ2n) is 4.55. The van der Waals surface area contributed by atoms with Crippen molar-refractivity contribution < 1.29 is 13.2 Å². The molecule has 0 aromatic heterocycles. The highest BCUT2D eigenvalue weighted by atomic mass is 32.2. The molecule has 0 aliphatic carbocycles. The zero-order valence-corrected chi connectivity index (χ0v) is 12.2. The number of carbonyl (C=O) groups is 1. The van der Waals surface area contributed by atoms with E-state index in [9.17, 15) is 13.2 Å². The Balaban J connectivity index is 1.68. The summed E-state index contributed by atoms with van der Waals surface area (Å²) in [5, 5.41) is 2.81. The molecule has 1 saturated heterocycles. The number of sulfone groups is 1. The third-order valence-electron chi connectivity index (χ3n) is 3.02. The van der Waals surface area contributed by atoms with Crippen molar-refractivity contribution in [2.24, 2.45) is 5.92 Å². The van der Waals surface area contributed by atoms with E-state index in [4.69, 9.17) is 0 Å². The summed E-state index contributed by atoms with van der Waals surface area (Å²) >= 11 is 1.67. The lowest BCUT2D eigenvalue weighted by atomic mass is 10.1. The van der Waals surface area contributed by atoms with Crippen molar-refractivity contribution in [3.63, 3.8) is 0 Å². The van der Waals surface area contributed by atoms with Crippen molar-refractivity contribution >= 4 is 27.5 Å². The van der Waals surface area contributed by atoms with E-state index in [2.05, 4.69) is 5.32 Å². The van der Waals surface area contributed by atoms with Gasteiger partial charge in [0.15, 0.2) is 9.84 Å². The Kier molecular flexibility index (Phi) is 4.87. The van der Waals surface area contributed by atoms with Crippen LogP contribution in [0.2, 0.25) is 0 Å². The monoisotopic (exact) mass is 299 g/mol. The van der Waals surface area contributed by atoms with Crippen LogP contribution in [0.3, 0.4) is 0 Å². The molecule has 6 heteroatoms. The second-order valence-corrected chi connectivity index (χ2v) is 7.95. The Bertz CT molecular complexity index is 528. The van der Waals surface area contributed by atoms with Gasteiger partial charge in [-0.25, -0.2) is 8.42 Å². The summed E-state index contributed by atoms with van der Waals surface area (Å²) < 4.78 is 22.6. The quantitative estimate of drug-likeness (QED) is 0.658. The molecule has 1 aliphatic heterocycles. The van der Waals surface area contributed by atoms with Gasteiger partial charge in [0.25, 0.3) is 0 Å². The van der Waals surface area contributed by atoms with Crippen molar-refractivity contribution in [1.82, 2.24) is 5.32 Å². The minimum absolute atomic E-state index is 0.00462. The highest BCUT2D eigenvalue weighted by molar-refractivity contribution is 7.99. The minimum Gasteiger partial charge on any atom is -0.355 e. The number of rotatable bonds is 5. The van der Waals surface area contributed by atoms with Gasteiger partial charge in [-0.05, 0) is 18.6 Å². The van der Waals surface area contributed by atoms with Gasteiger partial charge in [0.2, 0.25) is 5.91 Å². The Morgan fingerprint density at radius 1 is 1.32 bits per heavy atom. The van der Waals surface area contributed by atoms with E-state index >= 15 is 0 Å². The van der Waals surface area contributed by atoms with Gasteiger partial charge in [-0.15, -0.1) is 11.8 Å². The number of thioether (sulfide) groups is 1. The lowest BCUT2D eigenvalue weighted by Gasteiger charge is -2.09. The normalized spacial score (nSPS) is 21.2. The molecule has 0 saturated carbocycles. The maximum absolute atomic E-state index is 11.8. The summed E-state index contributed by atoms with van der Waals surface area (Å²) in [4.78, 5) is 12.9. The van der Waals surface area contributed by atoms with Gasteiger partial charge in [-0.3, -0.25) is 4.79 Å². The predicted octanol–water partition coefficient (Wildman–Crippen LogP) is 1.33. The molecule has 19 heavy (non-hydrogen) atoms. The average Bonchev–Trinajstić information content (AvgIpc) is 2.76. The van der Waals surface area contributed by atoms with Gasteiger partial charge in [0, 0.05) is 17.2 Å². The van der Waals surface area contributed by atoms with E-state index in [0.717, 1.165) is 5.75 Å². The lowest BCUT2D eigenvalue weighted by molar-refractivity contribution is -0.124. The molecule has 1 amide bonds. The number of benzene rings is 1. The van der Waals surface area contributed by atoms with Gasteiger partial charge in [0.1, 0.15) is 0 Å². The van der Waals surface area contributed by atoms with Crippen molar-refractivity contribution in [1.29, 1.82) is 0 Å². The van der Waals surface area contributed by atoms with Crippen LogP contribution < -0.4 is 5.32 Å². The molecule has 0 bridgehead atoms. The molecular weight excluding hydrogens is 282 g/mol. The summed E-state index contributed by atoms with van der Waals surface area (Å²) in [6.45, 7) is 0.564. The molecular formula is C13H17NO3S2. The first kappa shape index (κ1) is 14.4. The molecule has 1 unspecified atom stereocenters. The van der Waals surface area contributed by atoms with Gasteiger partial charge < -0.3 is 5.32 Å². The van der Waals surface area contributed by atoms with Crippen LogP contribution in [0, 0.1) is 5.92 Å². The SMILES string of the molecule is O=C(NCCSc1ccccc1)C1CCS(=O)(=O)C1. The first-order valence-electron chi connectivity index (χ1n) is 6.23. The Labute approximate surface area is 117 Å². The van der Waals surface area contributed by atoms with Gasteiger partial charge in [0.05, 0.1) is 17.4 Å². The second kappa shape index (κ2) is 6.43. The van der Waals surface area contributed by atoms with Crippen molar-refractivity contribution in [2.75, 3.05) is 23.8 Å². The molecule has 1 atom stereocenters. The van der Waals surface area contributed by atoms with Crippen LogP contribution in [-0.2, 0) is 14.6 Å². The molecule has 0 radical (unpaired) electrons. The molecule has 1 aromatic rings. The molecule has 0 spiro atoms. The van der Waals surface area contributed by atoms with Crippen LogP contribution >= 0.6 is 11.8 Å². The molecule has 1 aliphatic rings. The maximum Gasteiger partial charge on any atom is 0.224 e. The van der Waals surface area contributed by atoms with Gasteiger partial charge in [-0.2, -0.15) is 0 Å². The summed E-state index contributed by atoms with van der Waals surface area (Å²) in [6, 6.07) is 9.97. The standard InChI is InChI=1S/C13H17NO3S2/c15-13(11-6-9-19(16,17)10-11)14-7-8-18-12-4-2-1-3-5-12/h1-5,11H,6-10H2,(H,14,15). The molecule has 4 nitrogen and oxygen atoms in total. The van der Waals surface area contributed by atoms with E-state index in [1.54, 1.807) is 11.8 Å². The van der Waals surface area contributed by atoms with Crippen LogP contribution in [0.4, 0.5) is 0 Å². The smallest absolute Gasteiger partial charge is 0.224 e. The van der Waals surface area contributed by atoms with Crippen LogP contribution in [0.1, 0.15) is 6.42 Å². The largest absolute Gasteiger partial charge is 0.355 e. The maximum atomic E-state index is 11.8. The van der Waals surface area contributed by atoms with Crippen LogP contribution in [0.25, 0.3) is 0 Å². The van der Waals surface area contributed by atoms with E-state index < -0.39 is 9.84 Å². The highest BCUT2D eigenvalue weighted by Gasteiger charge is 2.32.